The van der Waals surface area contributed by atoms with Crippen LogP contribution in [0.5, 0.6) is 0 Å². The van der Waals surface area contributed by atoms with Gasteiger partial charge in [0.1, 0.15) is 5.60 Å². The first-order chi connectivity index (χ1) is 14.2. The van der Waals surface area contributed by atoms with Gasteiger partial charge in [-0.1, -0.05) is 30.3 Å². The highest BCUT2D eigenvalue weighted by molar-refractivity contribution is 5.80. The fourth-order valence-electron chi connectivity index (χ4n) is 3.41. The Labute approximate surface area is 179 Å². The first kappa shape index (κ1) is 23.5. The predicted molar refractivity (Wildman–Crippen MR) is 116 cm³/mol. The van der Waals surface area contributed by atoms with Crippen molar-refractivity contribution in [2.75, 3.05) is 33.8 Å². The van der Waals surface area contributed by atoms with E-state index < -0.39 is 11.7 Å². The number of likely N-dealkylation sites (tertiary alicyclic amines) is 1. The molecule has 8 nitrogen and oxygen atoms in total. The number of amides is 1. The Morgan fingerprint density at radius 2 is 1.83 bits per heavy atom. The molecule has 0 aromatic heterocycles. The fraction of sp³-hybridized carbons (Fsp3) is 0.591. The van der Waals surface area contributed by atoms with E-state index in [1.807, 2.05) is 51.1 Å². The van der Waals surface area contributed by atoms with Crippen LogP contribution < -0.4 is 10.6 Å². The van der Waals surface area contributed by atoms with Gasteiger partial charge in [-0.25, -0.2) is 4.79 Å². The van der Waals surface area contributed by atoms with E-state index in [1.54, 1.807) is 7.05 Å². The zero-order chi connectivity index (χ0) is 22.1. The minimum Gasteiger partial charge on any atom is -0.469 e. The summed E-state index contributed by atoms with van der Waals surface area (Å²) in [5.74, 6) is 0.531. The molecule has 0 radical (unpaired) electrons. The number of rotatable bonds is 5. The molecule has 1 unspecified atom stereocenters. The monoisotopic (exact) mass is 418 g/mol. The van der Waals surface area contributed by atoms with Gasteiger partial charge in [-0.05, 0) is 39.2 Å². The second-order valence-electron chi connectivity index (χ2n) is 8.32. The molecule has 0 spiro atoms. The number of nitrogens with zero attached hydrogens (tertiary/aromatic N) is 2. The van der Waals surface area contributed by atoms with Crippen molar-refractivity contribution in [1.82, 2.24) is 15.5 Å². The molecule has 1 aliphatic heterocycles. The van der Waals surface area contributed by atoms with Crippen LogP contribution >= 0.6 is 0 Å². The van der Waals surface area contributed by atoms with Crippen LogP contribution in [0.2, 0.25) is 0 Å². The molecule has 1 atom stereocenters. The third kappa shape index (κ3) is 7.24. The molecule has 1 aromatic rings. The highest BCUT2D eigenvalue weighted by Crippen LogP contribution is 2.19. The number of esters is 1. The predicted octanol–water partition coefficient (Wildman–Crippen LogP) is 2.71. The minimum atomic E-state index is -0.571. The maximum atomic E-state index is 12.3. The molecule has 0 bridgehead atoms. The van der Waals surface area contributed by atoms with Gasteiger partial charge in [-0.15, -0.1) is 0 Å². The smallest absolute Gasteiger partial charge is 0.408 e. The van der Waals surface area contributed by atoms with Crippen LogP contribution in [-0.4, -0.2) is 62.3 Å². The lowest BCUT2D eigenvalue weighted by Gasteiger charge is -2.34. The summed E-state index contributed by atoms with van der Waals surface area (Å²) in [6.07, 6.45) is 0.990. The van der Waals surface area contributed by atoms with Gasteiger partial charge in [0.05, 0.1) is 19.1 Å². The maximum absolute atomic E-state index is 12.3. The van der Waals surface area contributed by atoms with Crippen molar-refractivity contribution in [3.05, 3.63) is 35.9 Å². The standard InChI is InChI=1S/C22H34N4O4/c1-22(2,3)30-21(28)25-18(16-9-7-6-8-10-16)15-24-20(23-4)26-13-11-17(12-14-26)19(27)29-5/h6-10,17-18H,11-15H2,1-5H3,(H,23,24)(H,25,28). The van der Waals surface area contributed by atoms with E-state index in [0.717, 1.165) is 37.5 Å². The number of piperidine rings is 1. The Balaban J connectivity index is 1.99. The lowest BCUT2D eigenvalue weighted by atomic mass is 9.97. The zero-order valence-electron chi connectivity index (χ0n) is 18.6. The number of nitrogens with one attached hydrogen (secondary N) is 2. The molecule has 1 heterocycles. The van der Waals surface area contributed by atoms with Crippen molar-refractivity contribution in [2.45, 2.75) is 45.3 Å². The van der Waals surface area contributed by atoms with E-state index in [2.05, 4.69) is 20.5 Å². The van der Waals surface area contributed by atoms with Gasteiger partial charge in [0.2, 0.25) is 0 Å². The summed E-state index contributed by atoms with van der Waals surface area (Å²) < 4.78 is 10.3. The van der Waals surface area contributed by atoms with Crippen LogP contribution in [0.15, 0.2) is 35.3 Å². The van der Waals surface area contributed by atoms with Gasteiger partial charge in [0, 0.05) is 26.7 Å². The Morgan fingerprint density at radius 3 is 2.37 bits per heavy atom. The second kappa shape index (κ2) is 10.8. The van der Waals surface area contributed by atoms with Crippen molar-refractivity contribution in [1.29, 1.82) is 0 Å². The molecular weight excluding hydrogens is 384 g/mol. The number of ether oxygens (including phenoxy) is 2. The topological polar surface area (TPSA) is 92.3 Å². The Bertz CT molecular complexity index is 722. The first-order valence-corrected chi connectivity index (χ1v) is 10.3. The Hall–Kier alpha value is -2.77. The molecule has 1 fully saturated rings. The number of hydrogen-bond acceptors (Lipinski definition) is 5. The lowest BCUT2D eigenvalue weighted by Crippen LogP contribution is -2.49. The number of guanidine groups is 1. The summed E-state index contributed by atoms with van der Waals surface area (Å²) >= 11 is 0. The average Bonchev–Trinajstić information content (AvgIpc) is 2.72. The van der Waals surface area contributed by atoms with Crippen LogP contribution in [0, 0.1) is 5.92 Å². The van der Waals surface area contributed by atoms with Gasteiger partial charge in [0.15, 0.2) is 5.96 Å². The number of benzene rings is 1. The molecule has 0 saturated carbocycles. The van der Waals surface area contributed by atoms with Gasteiger partial charge >= 0.3 is 12.1 Å². The van der Waals surface area contributed by atoms with E-state index in [-0.39, 0.29) is 17.9 Å². The average molecular weight is 419 g/mol. The SMILES string of the molecule is CN=C(NCC(NC(=O)OC(C)(C)C)c1ccccc1)N1CCC(C(=O)OC)CC1. The Kier molecular flexibility index (Phi) is 8.50. The molecule has 2 rings (SSSR count). The Morgan fingerprint density at radius 1 is 1.20 bits per heavy atom. The molecule has 1 aromatic carbocycles. The quantitative estimate of drug-likeness (QED) is 0.434. The fourth-order valence-corrected chi connectivity index (χ4v) is 3.41. The summed E-state index contributed by atoms with van der Waals surface area (Å²) in [5.41, 5.74) is 0.398. The molecule has 2 N–H and O–H groups in total. The summed E-state index contributed by atoms with van der Waals surface area (Å²) in [6.45, 7) is 7.39. The molecule has 1 amide bonds. The van der Waals surface area contributed by atoms with Gasteiger partial charge in [-0.3, -0.25) is 9.79 Å². The number of carbonyl (C=O) groups is 2. The maximum Gasteiger partial charge on any atom is 0.408 e. The second-order valence-corrected chi connectivity index (χ2v) is 8.32. The summed E-state index contributed by atoms with van der Waals surface area (Å²) in [4.78, 5) is 30.6. The van der Waals surface area contributed by atoms with E-state index >= 15 is 0 Å². The van der Waals surface area contributed by atoms with E-state index in [1.165, 1.54) is 7.11 Å². The van der Waals surface area contributed by atoms with Crippen LogP contribution in [0.1, 0.15) is 45.2 Å². The third-order valence-electron chi connectivity index (χ3n) is 4.90. The highest BCUT2D eigenvalue weighted by Gasteiger charge is 2.27. The molecule has 8 heteroatoms. The van der Waals surface area contributed by atoms with E-state index in [0.29, 0.717) is 6.54 Å². The van der Waals surface area contributed by atoms with Gasteiger partial charge in [-0.2, -0.15) is 0 Å². The largest absolute Gasteiger partial charge is 0.469 e. The van der Waals surface area contributed by atoms with E-state index in [4.69, 9.17) is 9.47 Å². The summed E-state index contributed by atoms with van der Waals surface area (Å²) in [7, 11) is 3.16. The van der Waals surface area contributed by atoms with Crippen LogP contribution in [0.3, 0.4) is 0 Å². The number of methoxy groups -OCH3 is 1. The highest BCUT2D eigenvalue weighted by atomic mass is 16.6. The van der Waals surface area contributed by atoms with Gasteiger partial charge in [0.25, 0.3) is 0 Å². The van der Waals surface area contributed by atoms with Crippen molar-refractivity contribution in [2.24, 2.45) is 10.9 Å². The summed E-state index contributed by atoms with van der Waals surface area (Å²) in [6, 6.07) is 9.45. The van der Waals surface area contributed by atoms with Crippen LogP contribution in [0.25, 0.3) is 0 Å². The van der Waals surface area contributed by atoms with Crippen molar-refractivity contribution >= 4 is 18.0 Å². The normalized spacial score (nSPS) is 16.6. The van der Waals surface area contributed by atoms with Gasteiger partial charge < -0.3 is 25.0 Å². The summed E-state index contributed by atoms with van der Waals surface area (Å²) in [5, 5.41) is 6.30. The number of alkyl carbamates (subject to hydrolysis) is 1. The van der Waals surface area contributed by atoms with E-state index in [9.17, 15) is 9.59 Å². The number of hydrogen-bond donors (Lipinski definition) is 2. The molecule has 166 valence electrons. The molecule has 0 aliphatic carbocycles. The minimum absolute atomic E-state index is 0.0599. The number of aliphatic imine (C=N–C) groups is 1. The van der Waals surface area contributed by atoms with Crippen LogP contribution in [-0.2, 0) is 14.3 Å². The number of carbonyl (C=O) groups excluding carboxylic acids is 2. The van der Waals surface area contributed by atoms with Crippen molar-refractivity contribution in [3.63, 3.8) is 0 Å². The molecule has 30 heavy (non-hydrogen) atoms. The van der Waals surface area contributed by atoms with Crippen molar-refractivity contribution in [3.8, 4) is 0 Å². The molecule has 1 saturated heterocycles. The zero-order valence-corrected chi connectivity index (χ0v) is 18.6. The first-order valence-electron chi connectivity index (χ1n) is 10.3. The molecular formula is C22H34N4O4. The lowest BCUT2D eigenvalue weighted by molar-refractivity contribution is -0.146. The van der Waals surface area contributed by atoms with Crippen molar-refractivity contribution < 1.29 is 19.1 Å². The van der Waals surface area contributed by atoms with Crippen LogP contribution in [0.4, 0.5) is 4.79 Å². The third-order valence-corrected chi connectivity index (χ3v) is 4.90. The molecule has 1 aliphatic rings.